The zero-order chi connectivity index (χ0) is 31.1. The molecule has 1 aliphatic carbocycles. The van der Waals surface area contributed by atoms with Crippen LogP contribution in [0, 0.1) is 6.92 Å². The van der Waals surface area contributed by atoms with Crippen LogP contribution in [-0.4, -0.2) is 93.1 Å². The fourth-order valence-corrected chi connectivity index (χ4v) is 5.91. The van der Waals surface area contributed by atoms with Crippen molar-refractivity contribution in [2.45, 2.75) is 90.1 Å². The van der Waals surface area contributed by atoms with Crippen molar-refractivity contribution in [2.24, 2.45) is 15.1 Å². The summed E-state index contributed by atoms with van der Waals surface area (Å²) in [6.07, 6.45) is 1.80. The molecule has 5 unspecified atom stereocenters. The van der Waals surface area contributed by atoms with Gasteiger partial charge in [0.05, 0.1) is 48.0 Å². The number of nitrogens with zero attached hydrogens (tertiary/aromatic N) is 4. The van der Waals surface area contributed by atoms with Gasteiger partial charge in [-0.05, 0) is 64.9 Å². The van der Waals surface area contributed by atoms with Crippen LogP contribution in [0.4, 0.5) is 5.69 Å². The topological polar surface area (TPSA) is 143 Å². The summed E-state index contributed by atoms with van der Waals surface area (Å²) in [4.78, 5) is 23.3. The van der Waals surface area contributed by atoms with Crippen molar-refractivity contribution in [1.82, 2.24) is 21.0 Å². The first-order valence-corrected chi connectivity index (χ1v) is 15.2. The smallest absolute Gasteiger partial charge is 0.217 e. The first-order chi connectivity index (χ1) is 19.8. The van der Waals surface area contributed by atoms with Crippen LogP contribution in [0.2, 0.25) is 0 Å². The molecule has 0 spiro atoms. The highest BCUT2D eigenvalue weighted by Crippen LogP contribution is 2.30. The number of amides is 1. The molecule has 12 heteroatoms. The lowest BCUT2D eigenvalue weighted by atomic mass is 9.83. The quantitative estimate of drug-likeness (QED) is 0.258. The van der Waals surface area contributed by atoms with Crippen molar-refractivity contribution in [3.63, 3.8) is 0 Å². The largest absolute Gasteiger partial charge is 0.495 e. The van der Waals surface area contributed by atoms with Gasteiger partial charge in [0.15, 0.2) is 10.2 Å². The Morgan fingerprint density at radius 3 is 2.43 bits per heavy atom. The lowest BCUT2D eigenvalue weighted by Gasteiger charge is -2.37. The monoisotopic (exact) mass is 601 g/mol. The van der Waals surface area contributed by atoms with Gasteiger partial charge >= 0.3 is 0 Å². The van der Waals surface area contributed by atoms with Crippen LogP contribution in [0.3, 0.4) is 0 Å². The molecule has 3 rings (SSSR count). The summed E-state index contributed by atoms with van der Waals surface area (Å²) >= 11 is 1.44. The van der Waals surface area contributed by atoms with Crippen molar-refractivity contribution < 1.29 is 19.7 Å². The number of aliphatic imine (C=N–C) groups is 2. The summed E-state index contributed by atoms with van der Waals surface area (Å²) < 4.78 is 5.73. The van der Waals surface area contributed by atoms with E-state index in [0.717, 1.165) is 17.7 Å². The number of rotatable bonds is 10. The molecule has 1 aromatic rings. The Morgan fingerprint density at radius 2 is 1.88 bits per heavy atom. The molecule has 0 saturated heterocycles. The first kappa shape index (κ1) is 33.6. The number of nitrogens with one attached hydrogen (secondary N) is 3. The molecular weight excluding hydrogens is 554 g/mol. The third-order valence-electron chi connectivity index (χ3n) is 6.97. The summed E-state index contributed by atoms with van der Waals surface area (Å²) in [5.74, 6) is 0.383. The summed E-state index contributed by atoms with van der Waals surface area (Å²) in [5.41, 5.74) is 5.68. The van der Waals surface area contributed by atoms with Gasteiger partial charge in [-0.25, -0.2) is 4.99 Å². The number of thioether (sulfide) groups is 1. The molecular formula is C30H47N7O4S. The van der Waals surface area contributed by atoms with Crippen LogP contribution in [0.25, 0.3) is 0 Å². The molecule has 0 radical (unpaired) electrons. The van der Waals surface area contributed by atoms with E-state index in [1.54, 1.807) is 27.0 Å². The lowest BCUT2D eigenvalue weighted by Crippen LogP contribution is -2.57. The number of benzene rings is 1. The molecule has 1 amide bonds. The Balaban J connectivity index is 1.98. The summed E-state index contributed by atoms with van der Waals surface area (Å²) in [6, 6.07) is 7.92. The SMILES string of the molecule is CCC1CNC(C)(NN=C2C=C(OC)C(=Nc3ccc(C)cc3)CC2(C)NC(C)=O)SC(N(CC(C)O)CC(C)O)=N1. The number of aryl methyl sites for hydroxylation is 1. The normalized spacial score (nSPS) is 27.9. The van der Waals surface area contributed by atoms with Gasteiger partial charge in [0.2, 0.25) is 5.91 Å². The van der Waals surface area contributed by atoms with Crippen molar-refractivity contribution in [3.05, 3.63) is 41.7 Å². The number of aliphatic hydroxyl groups is 2. The average Bonchev–Trinajstić information content (AvgIpc) is 3.07. The van der Waals surface area contributed by atoms with Gasteiger partial charge in [-0.15, -0.1) is 0 Å². The van der Waals surface area contributed by atoms with Crippen molar-refractivity contribution in [3.8, 4) is 0 Å². The second-order valence-electron chi connectivity index (χ2n) is 11.5. The summed E-state index contributed by atoms with van der Waals surface area (Å²) in [6.45, 7) is 14.2. The van der Waals surface area contributed by atoms with Crippen LogP contribution in [0.1, 0.15) is 59.9 Å². The van der Waals surface area contributed by atoms with Gasteiger partial charge in [-0.2, -0.15) is 5.10 Å². The number of allylic oxidation sites excluding steroid dienone is 1. The Morgan fingerprint density at radius 1 is 1.24 bits per heavy atom. The van der Waals surface area contributed by atoms with Crippen molar-refractivity contribution in [1.29, 1.82) is 0 Å². The fraction of sp³-hybridized carbons (Fsp3) is 0.600. The molecule has 0 fully saturated rings. The van der Waals surface area contributed by atoms with E-state index in [4.69, 9.17) is 19.8 Å². The number of ether oxygens (including phenoxy) is 1. The second kappa shape index (κ2) is 14.5. The standard InChI is InChI=1S/C30H47N7O4S/c1-9-23-16-31-30(7,42-28(33-23)37(17-20(3)38)18-21(4)39)36-35-27-14-26(41-8)25(15-29(27,6)34-22(5)40)32-24-12-10-19(2)11-13-24/h10-14,20-21,23,31,36,38-39H,9,15-18H2,1-8H3,(H,34,40). The van der Waals surface area contributed by atoms with E-state index in [0.29, 0.717) is 48.4 Å². The van der Waals surface area contributed by atoms with Gasteiger partial charge in [-0.3, -0.25) is 20.5 Å². The maximum Gasteiger partial charge on any atom is 0.217 e. The maximum absolute atomic E-state index is 12.3. The molecule has 11 nitrogen and oxygen atoms in total. The Hall–Kier alpha value is -2.93. The van der Waals surface area contributed by atoms with Gasteiger partial charge in [-0.1, -0.05) is 24.6 Å². The average molecular weight is 602 g/mol. The van der Waals surface area contributed by atoms with Gasteiger partial charge < -0.3 is 25.2 Å². The predicted octanol–water partition coefficient (Wildman–Crippen LogP) is 3.05. The Labute approximate surface area is 254 Å². The van der Waals surface area contributed by atoms with Crippen molar-refractivity contribution in [2.75, 3.05) is 26.7 Å². The minimum Gasteiger partial charge on any atom is -0.495 e. The van der Waals surface area contributed by atoms with Crippen molar-refractivity contribution >= 4 is 39.9 Å². The zero-order valence-electron chi connectivity index (χ0n) is 26.1. The van der Waals surface area contributed by atoms with Gasteiger partial charge in [0.25, 0.3) is 0 Å². The third-order valence-corrected chi connectivity index (χ3v) is 8.16. The summed E-state index contributed by atoms with van der Waals surface area (Å²) in [7, 11) is 1.60. The predicted molar refractivity (Wildman–Crippen MR) is 171 cm³/mol. The Bertz CT molecular complexity index is 1200. The highest BCUT2D eigenvalue weighted by Gasteiger charge is 2.40. The van der Waals surface area contributed by atoms with E-state index in [9.17, 15) is 15.0 Å². The number of amidine groups is 1. The zero-order valence-corrected chi connectivity index (χ0v) is 26.9. The number of hydrogen-bond acceptors (Lipinski definition) is 11. The third kappa shape index (κ3) is 9.29. The highest BCUT2D eigenvalue weighted by atomic mass is 32.2. The molecule has 2 aliphatic rings. The molecule has 1 aromatic carbocycles. The molecule has 5 atom stereocenters. The molecule has 0 saturated carbocycles. The van der Waals surface area contributed by atoms with E-state index >= 15 is 0 Å². The minimum atomic E-state index is -0.857. The molecule has 0 bridgehead atoms. The van der Waals surface area contributed by atoms with Crippen LogP contribution >= 0.6 is 11.8 Å². The number of carbonyl (C=O) groups is 1. The molecule has 5 N–H and O–H groups in total. The van der Waals surface area contributed by atoms with Gasteiger partial charge in [0.1, 0.15) is 5.76 Å². The number of methoxy groups -OCH3 is 1. The van der Waals surface area contributed by atoms with E-state index in [2.05, 4.69) is 23.0 Å². The van der Waals surface area contributed by atoms with Crippen LogP contribution < -0.4 is 16.1 Å². The minimum absolute atomic E-state index is 0.00846. The lowest BCUT2D eigenvalue weighted by molar-refractivity contribution is -0.120. The van der Waals surface area contributed by atoms with Crippen LogP contribution in [0.15, 0.2) is 51.2 Å². The Kier molecular flexibility index (Phi) is 11.6. The maximum atomic E-state index is 12.3. The van der Waals surface area contributed by atoms with Gasteiger partial charge in [0, 0.05) is 39.1 Å². The van der Waals surface area contributed by atoms with Crippen LogP contribution in [-0.2, 0) is 9.53 Å². The number of hydrogen-bond donors (Lipinski definition) is 5. The number of carbonyl (C=O) groups excluding carboxylic acids is 1. The second-order valence-corrected chi connectivity index (χ2v) is 12.9. The van der Waals surface area contributed by atoms with Crippen LogP contribution in [0.5, 0.6) is 0 Å². The van der Waals surface area contributed by atoms with E-state index in [1.165, 1.54) is 18.7 Å². The molecule has 0 aromatic heterocycles. The fourth-order valence-electron chi connectivity index (χ4n) is 4.82. The van der Waals surface area contributed by atoms with E-state index in [-0.39, 0.29) is 11.9 Å². The summed E-state index contributed by atoms with van der Waals surface area (Å²) in [5, 5.41) is 32.5. The number of aliphatic hydroxyl groups excluding tert-OH is 2. The molecule has 42 heavy (non-hydrogen) atoms. The molecule has 1 aliphatic heterocycles. The first-order valence-electron chi connectivity index (χ1n) is 14.4. The van der Waals surface area contributed by atoms with E-state index < -0.39 is 22.7 Å². The van der Waals surface area contributed by atoms with E-state index in [1.807, 2.05) is 49.9 Å². The number of hydrazone groups is 1. The highest BCUT2D eigenvalue weighted by molar-refractivity contribution is 8.14. The molecule has 1 heterocycles. The molecule has 232 valence electrons.